The van der Waals surface area contributed by atoms with Gasteiger partial charge in [0, 0.05) is 15.7 Å². The molecule has 1 spiro atoms. The molecule has 192 valence electrons. The molecule has 3 aromatic carbocycles. The number of imide groups is 1. The van der Waals surface area contributed by atoms with E-state index in [0.29, 0.717) is 22.6 Å². The van der Waals surface area contributed by atoms with Gasteiger partial charge in [-0.15, -0.1) is 0 Å². The Hall–Kier alpha value is -3.82. The summed E-state index contributed by atoms with van der Waals surface area (Å²) in [5.41, 5.74) is 2.11. The number of hydrogen-bond donors (Lipinski definition) is 2. The molecule has 3 heterocycles. The number of rotatable bonds is 4. The second kappa shape index (κ2) is 8.89. The lowest BCUT2D eigenvalue weighted by Crippen LogP contribution is -2.98. The average Bonchev–Trinajstić information content (AvgIpc) is 3.44. The molecule has 8 nitrogen and oxygen atoms in total. The number of halogens is 1. The second-order valence-corrected chi connectivity index (χ2v) is 11.1. The van der Waals surface area contributed by atoms with Crippen molar-refractivity contribution in [1.82, 2.24) is 0 Å². The van der Waals surface area contributed by atoms with Crippen LogP contribution in [-0.4, -0.2) is 36.2 Å². The lowest BCUT2D eigenvalue weighted by Gasteiger charge is -2.27. The van der Waals surface area contributed by atoms with E-state index in [1.807, 2.05) is 61.6 Å². The molecule has 38 heavy (non-hydrogen) atoms. The monoisotopic (exact) mass is 573 g/mol. The first-order valence-corrected chi connectivity index (χ1v) is 13.3. The molecule has 0 bridgehead atoms. The van der Waals surface area contributed by atoms with Crippen molar-refractivity contribution in [3.8, 4) is 0 Å². The van der Waals surface area contributed by atoms with Gasteiger partial charge in [0.1, 0.15) is 18.4 Å². The molecule has 4 amide bonds. The topological polar surface area (TPSA) is 103 Å². The van der Waals surface area contributed by atoms with Gasteiger partial charge in [-0.25, -0.2) is 4.90 Å². The molecule has 0 radical (unpaired) electrons. The first-order chi connectivity index (χ1) is 18.2. The van der Waals surface area contributed by atoms with Crippen LogP contribution < -0.4 is 20.4 Å². The molecule has 3 aromatic rings. The molecule has 0 saturated carbocycles. The summed E-state index contributed by atoms with van der Waals surface area (Å²) in [5.74, 6) is -2.93. The first kappa shape index (κ1) is 24.5. The molecule has 3 aliphatic heterocycles. The van der Waals surface area contributed by atoms with Crippen molar-refractivity contribution < 1.29 is 24.5 Å². The quantitative estimate of drug-likeness (QED) is 0.468. The van der Waals surface area contributed by atoms with Crippen LogP contribution in [0.5, 0.6) is 0 Å². The molecule has 4 atom stereocenters. The number of carbonyl (C=O) groups is 4. The van der Waals surface area contributed by atoms with Crippen molar-refractivity contribution in [1.29, 1.82) is 0 Å². The molecule has 0 unspecified atom stereocenters. The van der Waals surface area contributed by atoms with Gasteiger partial charge in [0.15, 0.2) is 0 Å². The van der Waals surface area contributed by atoms with Crippen molar-refractivity contribution in [2.45, 2.75) is 25.4 Å². The smallest absolute Gasteiger partial charge is 0.294 e. The van der Waals surface area contributed by atoms with Gasteiger partial charge >= 0.3 is 0 Å². The maximum atomic E-state index is 14.3. The van der Waals surface area contributed by atoms with Crippen LogP contribution in [-0.2, 0) is 24.7 Å². The summed E-state index contributed by atoms with van der Waals surface area (Å²) in [6.45, 7) is 3.64. The van der Waals surface area contributed by atoms with Gasteiger partial charge in [-0.05, 0) is 56.3 Å². The highest BCUT2D eigenvalue weighted by atomic mass is 79.9. The van der Waals surface area contributed by atoms with E-state index in [9.17, 15) is 19.2 Å². The molecular weight excluding hydrogens is 548 g/mol. The van der Waals surface area contributed by atoms with E-state index in [4.69, 9.17) is 0 Å². The molecule has 6 rings (SSSR count). The Bertz CT molecular complexity index is 1490. The maximum Gasteiger partial charge on any atom is 0.294 e. The summed E-state index contributed by atoms with van der Waals surface area (Å²) >= 11 is 3.39. The number of hydrogen-bond acceptors (Lipinski definition) is 4. The van der Waals surface area contributed by atoms with Crippen LogP contribution >= 0.6 is 15.9 Å². The number of carbonyl (C=O) groups excluding carboxylic acids is 4. The number of anilines is 3. The predicted octanol–water partition coefficient (Wildman–Crippen LogP) is 2.71. The van der Waals surface area contributed by atoms with E-state index in [0.717, 1.165) is 10.0 Å². The maximum absolute atomic E-state index is 14.3. The fourth-order valence-electron chi connectivity index (χ4n) is 6.27. The number of quaternary nitrogens is 1. The highest BCUT2D eigenvalue weighted by molar-refractivity contribution is 9.10. The normalized spacial score (nSPS) is 25.8. The number of amides is 4. The average molecular weight is 574 g/mol. The fraction of sp³-hybridized carbons (Fsp3) is 0.241. The van der Waals surface area contributed by atoms with Crippen LogP contribution in [0, 0.1) is 18.8 Å². The fourth-order valence-corrected chi connectivity index (χ4v) is 6.54. The Labute approximate surface area is 228 Å². The largest absolute Gasteiger partial charge is 0.326 e. The third kappa shape index (κ3) is 3.53. The van der Waals surface area contributed by atoms with E-state index in [-0.39, 0.29) is 30.3 Å². The van der Waals surface area contributed by atoms with Crippen molar-refractivity contribution in [3.63, 3.8) is 0 Å². The summed E-state index contributed by atoms with van der Waals surface area (Å²) in [7, 11) is 0. The zero-order valence-electron chi connectivity index (χ0n) is 20.9. The lowest BCUT2D eigenvalue weighted by atomic mass is 9.76. The van der Waals surface area contributed by atoms with E-state index >= 15 is 0 Å². The van der Waals surface area contributed by atoms with Crippen LogP contribution in [0.15, 0.2) is 77.3 Å². The zero-order valence-corrected chi connectivity index (χ0v) is 22.4. The highest BCUT2D eigenvalue weighted by Gasteiger charge is 2.74. The number of para-hydroxylation sites is 1. The number of nitrogens with two attached hydrogens (primary N) is 1. The van der Waals surface area contributed by atoms with Gasteiger partial charge in [-0.3, -0.25) is 24.1 Å². The van der Waals surface area contributed by atoms with E-state index < -0.39 is 23.3 Å². The van der Waals surface area contributed by atoms with Crippen molar-refractivity contribution in [2.24, 2.45) is 11.8 Å². The zero-order chi connectivity index (χ0) is 26.8. The van der Waals surface area contributed by atoms with E-state index in [1.165, 1.54) is 9.80 Å². The molecule has 0 aliphatic carbocycles. The first-order valence-electron chi connectivity index (χ1n) is 12.5. The highest BCUT2D eigenvalue weighted by Crippen LogP contribution is 2.51. The Balaban J connectivity index is 1.36. The molecular formula is C29H26BrN4O4+. The Morgan fingerprint density at radius 1 is 0.974 bits per heavy atom. The molecule has 0 aromatic heterocycles. The third-order valence-electron chi connectivity index (χ3n) is 7.90. The molecule has 3 N–H and O–H groups in total. The van der Waals surface area contributed by atoms with Crippen molar-refractivity contribution >= 4 is 56.6 Å². The Morgan fingerprint density at radius 2 is 1.66 bits per heavy atom. The van der Waals surface area contributed by atoms with Crippen molar-refractivity contribution in [2.75, 3.05) is 21.7 Å². The second-order valence-electron chi connectivity index (χ2n) is 10.2. The minimum Gasteiger partial charge on any atom is -0.326 e. The Kier molecular flexibility index (Phi) is 5.73. The summed E-state index contributed by atoms with van der Waals surface area (Å²) in [6, 6.07) is 21.3. The molecule has 2 fully saturated rings. The summed E-state index contributed by atoms with van der Waals surface area (Å²) in [6.07, 6.45) is 0. The van der Waals surface area contributed by atoms with Crippen LogP contribution in [0.3, 0.4) is 0 Å². The molecule has 3 aliphatic rings. The minimum atomic E-state index is -1.32. The Morgan fingerprint density at radius 3 is 2.37 bits per heavy atom. The van der Waals surface area contributed by atoms with Gasteiger partial charge in [0.2, 0.25) is 23.3 Å². The van der Waals surface area contributed by atoms with Crippen LogP contribution in [0.1, 0.15) is 18.1 Å². The van der Waals surface area contributed by atoms with Crippen LogP contribution in [0.25, 0.3) is 0 Å². The standard InChI is InChI=1S/C29H25BrN4O4/c1-16-7-11-19(12-8-16)31-23(35)15-33-22-6-4-3-5-21(22)29(28(33)38)25-24(17(2)32-29)26(36)34(27(25)37)20-13-9-18(30)10-14-20/h3-14,17,24-25,32H,15H2,1-2H3,(H,31,35)/p+1/t17-,24+,25-,29+/m0/s1. The predicted molar refractivity (Wildman–Crippen MR) is 145 cm³/mol. The van der Waals surface area contributed by atoms with E-state index in [1.54, 1.807) is 30.3 Å². The van der Waals surface area contributed by atoms with Gasteiger partial charge in [0.05, 0.1) is 17.4 Å². The van der Waals surface area contributed by atoms with E-state index in [2.05, 4.69) is 21.2 Å². The SMILES string of the molecule is Cc1ccc(NC(=O)CN2C(=O)[C@@]3([NH2+][C@@H](C)[C@H]4C(=O)N(c5ccc(Br)cc5)C(=O)[C@H]43)c3ccccc32)cc1. The number of nitrogens with one attached hydrogen (secondary N) is 1. The molecule has 9 heteroatoms. The molecule has 2 saturated heterocycles. The van der Waals surface area contributed by atoms with Gasteiger partial charge in [-0.1, -0.05) is 51.8 Å². The minimum absolute atomic E-state index is 0.205. The van der Waals surface area contributed by atoms with Crippen LogP contribution in [0.4, 0.5) is 17.1 Å². The number of fused-ring (bicyclic) bond motifs is 4. The summed E-state index contributed by atoms with van der Waals surface area (Å²) in [5, 5.41) is 4.71. The van der Waals surface area contributed by atoms with Gasteiger partial charge < -0.3 is 10.6 Å². The third-order valence-corrected chi connectivity index (χ3v) is 8.42. The lowest BCUT2D eigenvalue weighted by molar-refractivity contribution is -0.730. The number of nitrogens with zero attached hydrogens (tertiary/aromatic N) is 2. The summed E-state index contributed by atoms with van der Waals surface area (Å²) < 4.78 is 0.832. The number of aryl methyl sites for hydroxylation is 1. The van der Waals surface area contributed by atoms with Gasteiger partial charge in [0.25, 0.3) is 5.91 Å². The van der Waals surface area contributed by atoms with Crippen molar-refractivity contribution in [3.05, 3.63) is 88.4 Å². The summed E-state index contributed by atoms with van der Waals surface area (Å²) in [4.78, 5) is 57.6. The van der Waals surface area contributed by atoms with Crippen LogP contribution in [0.2, 0.25) is 0 Å². The van der Waals surface area contributed by atoms with Gasteiger partial charge in [-0.2, -0.15) is 0 Å². The number of benzene rings is 3.